The number of pyridine rings is 1. The number of benzene rings is 3. The average molecular weight is 486 g/mol. The van der Waals surface area contributed by atoms with Crippen molar-refractivity contribution in [2.75, 3.05) is 0 Å². The molecule has 0 bridgehead atoms. The second kappa shape index (κ2) is 9.52. The largest absolute Gasteiger partial charge is 0.392 e. The molecule has 0 spiro atoms. The van der Waals surface area contributed by atoms with Crippen molar-refractivity contribution in [3.05, 3.63) is 132 Å². The highest BCUT2D eigenvalue weighted by Crippen LogP contribution is 2.39. The Hall–Kier alpha value is -4.48. The van der Waals surface area contributed by atoms with E-state index in [0.29, 0.717) is 0 Å². The first-order valence-electron chi connectivity index (χ1n) is 12.4. The predicted octanol–water partition coefficient (Wildman–Crippen LogP) is 7.11. The van der Waals surface area contributed by atoms with Gasteiger partial charge in [-0.05, 0) is 54.3 Å². The van der Waals surface area contributed by atoms with Gasteiger partial charge in [0.05, 0.1) is 23.5 Å². The summed E-state index contributed by atoms with van der Waals surface area (Å²) in [6.45, 7) is 3.95. The van der Waals surface area contributed by atoms with Crippen LogP contribution in [0.1, 0.15) is 34.3 Å². The molecule has 0 amide bonds. The lowest BCUT2D eigenvalue weighted by Crippen LogP contribution is -2.12. The summed E-state index contributed by atoms with van der Waals surface area (Å²) in [4.78, 5) is 4.77. The zero-order valence-electron chi connectivity index (χ0n) is 20.8. The number of rotatable bonds is 6. The molecule has 37 heavy (non-hydrogen) atoms. The number of aliphatic hydroxyl groups is 1. The quantitative estimate of drug-likeness (QED) is 0.273. The monoisotopic (exact) mass is 485 g/mol. The summed E-state index contributed by atoms with van der Waals surface area (Å²) < 4.78 is 7.81. The van der Waals surface area contributed by atoms with Crippen LogP contribution < -0.4 is 0 Å². The molecule has 0 aliphatic heterocycles. The van der Waals surface area contributed by atoms with Crippen molar-refractivity contribution >= 4 is 10.9 Å². The van der Waals surface area contributed by atoms with Crippen LogP contribution in [0.25, 0.3) is 33.2 Å². The third kappa shape index (κ3) is 4.13. The molecule has 1 atom stereocenters. The summed E-state index contributed by atoms with van der Waals surface area (Å²) in [6, 6.07) is 31.1. The molecule has 6 rings (SSSR count). The van der Waals surface area contributed by atoms with Crippen molar-refractivity contribution in [3.8, 4) is 22.3 Å². The van der Waals surface area contributed by atoms with Gasteiger partial charge in [0, 0.05) is 28.9 Å². The van der Waals surface area contributed by atoms with E-state index >= 15 is 0 Å². The lowest BCUT2D eigenvalue weighted by Gasteiger charge is -2.21. The Morgan fingerprint density at radius 2 is 1.62 bits per heavy atom. The van der Waals surface area contributed by atoms with E-state index in [1.807, 2.05) is 50.4 Å². The topological polar surface area (TPSA) is 64.1 Å². The maximum Gasteiger partial charge on any atom is 0.141 e. The molecule has 1 N–H and O–H groups in total. The van der Waals surface area contributed by atoms with E-state index in [0.717, 1.165) is 61.4 Å². The van der Waals surface area contributed by atoms with Crippen LogP contribution in [0.3, 0.4) is 0 Å². The first-order valence-corrected chi connectivity index (χ1v) is 12.4. The number of hydrogen-bond donors (Lipinski definition) is 1. The van der Waals surface area contributed by atoms with Crippen LogP contribution in [0, 0.1) is 13.8 Å². The van der Waals surface area contributed by atoms with Gasteiger partial charge in [-0.15, -0.1) is 0 Å². The molecule has 6 aromatic rings. The number of aromatic nitrogens is 3. The summed E-state index contributed by atoms with van der Waals surface area (Å²) in [5, 5.41) is 14.9. The second-order valence-electron chi connectivity index (χ2n) is 9.30. The van der Waals surface area contributed by atoms with Crippen LogP contribution in [0.4, 0.5) is 0 Å². The van der Waals surface area contributed by atoms with Gasteiger partial charge in [0.1, 0.15) is 11.8 Å². The Balaban J connectivity index is 1.64. The lowest BCUT2D eigenvalue weighted by atomic mass is 9.99. The van der Waals surface area contributed by atoms with Crippen LogP contribution in [-0.4, -0.2) is 19.8 Å². The van der Waals surface area contributed by atoms with E-state index in [2.05, 4.69) is 76.6 Å². The third-order valence-electron chi connectivity index (χ3n) is 6.97. The SMILES string of the molecule is Cc1noc(C)c1-c1ccc2c(-c3ccc(CO)cc3)cn([C@H](c3ccccc3)c3ccccn3)c2c1. The molecular weight excluding hydrogens is 458 g/mol. The van der Waals surface area contributed by atoms with Crippen molar-refractivity contribution in [1.82, 2.24) is 14.7 Å². The molecule has 182 valence electrons. The first kappa shape index (κ1) is 23.0. The Labute approximate surface area is 215 Å². The summed E-state index contributed by atoms with van der Waals surface area (Å²) >= 11 is 0. The van der Waals surface area contributed by atoms with Gasteiger partial charge in [-0.2, -0.15) is 0 Å². The number of hydrogen-bond acceptors (Lipinski definition) is 4. The van der Waals surface area contributed by atoms with Gasteiger partial charge < -0.3 is 14.2 Å². The summed E-state index contributed by atoms with van der Waals surface area (Å²) in [5.41, 5.74) is 9.30. The first-order chi connectivity index (χ1) is 18.1. The normalized spacial score (nSPS) is 12.2. The Morgan fingerprint density at radius 1 is 0.865 bits per heavy atom. The van der Waals surface area contributed by atoms with E-state index in [-0.39, 0.29) is 12.6 Å². The minimum absolute atomic E-state index is 0.0264. The molecule has 0 aliphatic carbocycles. The van der Waals surface area contributed by atoms with Gasteiger partial charge in [0.15, 0.2) is 0 Å². The number of fused-ring (bicyclic) bond motifs is 1. The predicted molar refractivity (Wildman–Crippen MR) is 146 cm³/mol. The van der Waals surface area contributed by atoms with Gasteiger partial charge in [0.25, 0.3) is 0 Å². The minimum Gasteiger partial charge on any atom is -0.392 e. The fourth-order valence-electron chi connectivity index (χ4n) is 5.18. The van der Waals surface area contributed by atoms with Crippen molar-refractivity contribution in [3.63, 3.8) is 0 Å². The van der Waals surface area contributed by atoms with Crippen molar-refractivity contribution in [1.29, 1.82) is 0 Å². The lowest BCUT2D eigenvalue weighted by molar-refractivity contribution is 0.282. The highest BCUT2D eigenvalue weighted by atomic mass is 16.5. The summed E-state index contributed by atoms with van der Waals surface area (Å²) in [6.07, 6.45) is 4.07. The molecule has 5 nitrogen and oxygen atoms in total. The molecule has 0 aliphatic rings. The molecule has 0 fully saturated rings. The van der Waals surface area contributed by atoms with Gasteiger partial charge in [-0.1, -0.05) is 78.0 Å². The molecule has 0 saturated carbocycles. The Bertz CT molecular complexity index is 1610. The van der Waals surface area contributed by atoms with Gasteiger partial charge >= 0.3 is 0 Å². The zero-order chi connectivity index (χ0) is 25.4. The van der Waals surface area contributed by atoms with Gasteiger partial charge in [0.2, 0.25) is 0 Å². The fraction of sp³-hybridized carbons (Fsp3) is 0.125. The highest BCUT2D eigenvalue weighted by molar-refractivity contribution is 5.98. The highest BCUT2D eigenvalue weighted by Gasteiger charge is 2.23. The minimum atomic E-state index is -0.115. The van der Waals surface area contributed by atoms with Crippen LogP contribution in [0.5, 0.6) is 0 Å². The average Bonchev–Trinajstić information content (AvgIpc) is 3.49. The number of nitrogens with zero attached hydrogens (tertiary/aromatic N) is 3. The van der Waals surface area contributed by atoms with Crippen molar-refractivity contribution in [2.24, 2.45) is 0 Å². The molecule has 0 saturated heterocycles. The Morgan fingerprint density at radius 3 is 2.30 bits per heavy atom. The van der Waals surface area contributed by atoms with Gasteiger partial charge in [-0.3, -0.25) is 4.98 Å². The van der Waals surface area contributed by atoms with Crippen LogP contribution >= 0.6 is 0 Å². The Kier molecular flexibility index (Phi) is 5.91. The molecule has 3 heterocycles. The third-order valence-corrected chi connectivity index (χ3v) is 6.97. The van der Waals surface area contributed by atoms with Crippen molar-refractivity contribution < 1.29 is 9.63 Å². The molecule has 0 radical (unpaired) electrons. The van der Waals surface area contributed by atoms with E-state index in [1.165, 1.54) is 0 Å². The summed E-state index contributed by atoms with van der Waals surface area (Å²) in [7, 11) is 0. The van der Waals surface area contributed by atoms with E-state index < -0.39 is 0 Å². The van der Waals surface area contributed by atoms with E-state index in [4.69, 9.17) is 9.51 Å². The molecule has 5 heteroatoms. The standard InChI is InChI=1S/C32H27N3O2/c1-21-31(22(2)37-34-21)26-15-16-27-28(24-13-11-23(20-36)12-14-24)19-35(30(27)18-26)32(25-8-4-3-5-9-25)29-10-6-7-17-33-29/h3-19,32,36H,20H2,1-2H3/t32-/m1/s1. The fourth-order valence-corrected chi connectivity index (χ4v) is 5.18. The molecule has 0 unspecified atom stereocenters. The number of aryl methyl sites for hydroxylation is 2. The van der Waals surface area contributed by atoms with Crippen molar-refractivity contribution in [2.45, 2.75) is 26.5 Å². The van der Waals surface area contributed by atoms with E-state index in [1.54, 1.807) is 0 Å². The molecular formula is C32H27N3O2. The van der Waals surface area contributed by atoms with Crippen LogP contribution in [-0.2, 0) is 6.61 Å². The summed E-state index contributed by atoms with van der Waals surface area (Å²) in [5.74, 6) is 0.805. The van der Waals surface area contributed by atoms with Crippen LogP contribution in [0.2, 0.25) is 0 Å². The smallest absolute Gasteiger partial charge is 0.141 e. The second-order valence-corrected chi connectivity index (χ2v) is 9.30. The zero-order valence-corrected chi connectivity index (χ0v) is 20.8. The van der Waals surface area contributed by atoms with E-state index in [9.17, 15) is 5.11 Å². The molecule has 3 aromatic heterocycles. The maximum atomic E-state index is 9.54. The molecule has 3 aromatic carbocycles. The van der Waals surface area contributed by atoms with Gasteiger partial charge in [-0.25, -0.2) is 0 Å². The maximum absolute atomic E-state index is 9.54. The number of aliphatic hydroxyl groups excluding tert-OH is 1. The van der Waals surface area contributed by atoms with Crippen LogP contribution in [0.15, 0.2) is 108 Å².